The van der Waals surface area contributed by atoms with E-state index in [1.165, 1.54) is 12.1 Å². The lowest BCUT2D eigenvalue weighted by Gasteiger charge is -2.37. The minimum atomic E-state index is -0.316. The van der Waals surface area contributed by atoms with Crippen LogP contribution in [0.5, 0.6) is 0 Å². The Kier molecular flexibility index (Phi) is 5.56. The lowest BCUT2D eigenvalue weighted by atomic mass is 10.0. The molecule has 6 heteroatoms. The molecule has 4 nitrogen and oxygen atoms in total. The molecule has 2 atom stereocenters. The van der Waals surface area contributed by atoms with Gasteiger partial charge in [0.2, 0.25) is 0 Å². The third-order valence-electron chi connectivity index (χ3n) is 3.97. The first kappa shape index (κ1) is 16.2. The van der Waals surface area contributed by atoms with Crippen molar-refractivity contribution in [2.75, 3.05) is 26.2 Å². The molecule has 0 aliphatic carbocycles. The second-order valence-electron chi connectivity index (χ2n) is 5.31. The summed E-state index contributed by atoms with van der Waals surface area (Å²) < 4.78 is 18.9. The van der Waals surface area contributed by atoms with Crippen molar-refractivity contribution in [1.82, 2.24) is 10.2 Å². The van der Waals surface area contributed by atoms with Crippen molar-refractivity contribution in [3.63, 3.8) is 0 Å². The Hall–Kier alpha value is -1.17. The first-order chi connectivity index (χ1) is 9.75. The normalized spacial score (nSPS) is 25.5. The van der Waals surface area contributed by atoms with E-state index >= 15 is 0 Å². The van der Waals surface area contributed by atoms with Gasteiger partial charge < -0.3 is 15.0 Å². The Balaban J connectivity index is 0.00000161. The zero-order chi connectivity index (χ0) is 13.9. The number of hydrogen-bond acceptors (Lipinski definition) is 3. The third-order valence-corrected chi connectivity index (χ3v) is 3.97. The van der Waals surface area contributed by atoms with E-state index in [1.54, 1.807) is 6.07 Å². The van der Waals surface area contributed by atoms with Crippen LogP contribution >= 0.6 is 12.4 Å². The van der Waals surface area contributed by atoms with Crippen LogP contribution in [0.1, 0.15) is 24.4 Å². The molecule has 2 aliphatic rings. The van der Waals surface area contributed by atoms with Crippen molar-refractivity contribution >= 4 is 18.3 Å². The van der Waals surface area contributed by atoms with E-state index in [-0.39, 0.29) is 36.3 Å². The Morgan fingerprint density at radius 2 is 2.29 bits per heavy atom. The van der Waals surface area contributed by atoms with E-state index in [4.69, 9.17) is 4.74 Å². The quantitative estimate of drug-likeness (QED) is 0.906. The maximum atomic E-state index is 13.4. The molecule has 1 N–H and O–H groups in total. The van der Waals surface area contributed by atoms with Gasteiger partial charge in [-0.1, -0.05) is 12.1 Å². The minimum absolute atomic E-state index is 0. The van der Waals surface area contributed by atoms with Crippen molar-refractivity contribution < 1.29 is 13.9 Å². The number of piperazine rings is 1. The predicted octanol–water partition coefficient (Wildman–Crippen LogP) is 1.90. The smallest absolute Gasteiger partial charge is 0.252 e. The molecule has 2 heterocycles. The number of nitrogens with zero attached hydrogens (tertiary/aromatic N) is 1. The highest BCUT2D eigenvalue weighted by Gasteiger charge is 2.34. The topological polar surface area (TPSA) is 41.6 Å². The van der Waals surface area contributed by atoms with Gasteiger partial charge in [-0.3, -0.25) is 4.79 Å². The highest BCUT2D eigenvalue weighted by molar-refractivity contribution is 5.85. The van der Waals surface area contributed by atoms with Crippen LogP contribution in [0, 0.1) is 5.82 Å². The van der Waals surface area contributed by atoms with Crippen LogP contribution in [-0.2, 0) is 9.53 Å². The van der Waals surface area contributed by atoms with Crippen molar-refractivity contribution in [2.45, 2.75) is 25.0 Å². The molecule has 3 rings (SSSR count). The van der Waals surface area contributed by atoms with Crippen LogP contribution in [0.25, 0.3) is 0 Å². The number of nitrogens with one attached hydrogen (secondary N) is 1. The second-order valence-corrected chi connectivity index (χ2v) is 5.31. The fourth-order valence-corrected chi connectivity index (χ4v) is 2.94. The number of rotatable bonds is 2. The lowest BCUT2D eigenvalue weighted by molar-refractivity contribution is -0.144. The highest BCUT2D eigenvalue weighted by Crippen LogP contribution is 2.26. The molecule has 1 aromatic carbocycles. The van der Waals surface area contributed by atoms with Crippen LogP contribution in [-0.4, -0.2) is 43.2 Å². The molecule has 2 unspecified atom stereocenters. The van der Waals surface area contributed by atoms with E-state index in [2.05, 4.69) is 5.32 Å². The first-order valence-electron chi connectivity index (χ1n) is 7.14. The van der Waals surface area contributed by atoms with Crippen LogP contribution in [0.15, 0.2) is 24.3 Å². The van der Waals surface area contributed by atoms with Gasteiger partial charge in [-0.05, 0) is 30.5 Å². The molecule has 116 valence electrons. The number of ether oxygens (including phenoxy) is 1. The summed E-state index contributed by atoms with van der Waals surface area (Å²) in [7, 11) is 0. The van der Waals surface area contributed by atoms with E-state index in [1.807, 2.05) is 11.0 Å². The summed E-state index contributed by atoms with van der Waals surface area (Å²) in [5.41, 5.74) is 0.837. The number of amides is 1. The molecule has 0 saturated carbocycles. The average Bonchev–Trinajstić information content (AvgIpc) is 3.01. The second kappa shape index (κ2) is 7.20. The highest BCUT2D eigenvalue weighted by atomic mass is 35.5. The summed E-state index contributed by atoms with van der Waals surface area (Å²) in [6, 6.07) is 6.38. The van der Waals surface area contributed by atoms with E-state index in [0.29, 0.717) is 19.7 Å². The first-order valence-corrected chi connectivity index (χ1v) is 7.14. The van der Waals surface area contributed by atoms with Crippen LogP contribution in [0.3, 0.4) is 0 Å². The Bertz CT molecular complexity index is 494. The van der Waals surface area contributed by atoms with Crippen LogP contribution in [0.4, 0.5) is 4.39 Å². The van der Waals surface area contributed by atoms with Crippen LogP contribution in [0.2, 0.25) is 0 Å². The number of carbonyl (C=O) groups excluding carboxylic acids is 1. The zero-order valence-electron chi connectivity index (χ0n) is 11.8. The number of carbonyl (C=O) groups is 1. The fourth-order valence-electron chi connectivity index (χ4n) is 2.94. The summed E-state index contributed by atoms with van der Waals surface area (Å²) >= 11 is 0. The molecule has 2 fully saturated rings. The maximum absolute atomic E-state index is 13.4. The van der Waals surface area contributed by atoms with Gasteiger partial charge >= 0.3 is 0 Å². The third kappa shape index (κ3) is 3.54. The maximum Gasteiger partial charge on any atom is 0.252 e. The molecular formula is C15H20ClFN2O2. The van der Waals surface area contributed by atoms with Gasteiger partial charge in [-0.2, -0.15) is 0 Å². The molecule has 21 heavy (non-hydrogen) atoms. The molecule has 1 amide bonds. The Labute approximate surface area is 130 Å². The molecule has 1 aromatic rings. The molecule has 2 aliphatic heterocycles. The van der Waals surface area contributed by atoms with Gasteiger partial charge in [0, 0.05) is 26.2 Å². The van der Waals surface area contributed by atoms with Gasteiger partial charge in [0.1, 0.15) is 11.9 Å². The zero-order valence-corrected chi connectivity index (χ0v) is 12.6. The van der Waals surface area contributed by atoms with Gasteiger partial charge in [0.05, 0.1) is 6.04 Å². The molecular weight excluding hydrogens is 295 g/mol. The fraction of sp³-hybridized carbons (Fsp3) is 0.533. The van der Waals surface area contributed by atoms with Gasteiger partial charge in [-0.15, -0.1) is 12.4 Å². The largest absolute Gasteiger partial charge is 0.368 e. The summed E-state index contributed by atoms with van der Waals surface area (Å²) in [6.07, 6.45) is 1.41. The summed E-state index contributed by atoms with van der Waals surface area (Å²) in [5.74, 6) is -0.226. The molecule has 0 bridgehead atoms. The average molecular weight is 315 g/mol. The summed E-state index contributed by atoms with van der Waals surface area (Å²) in [5, 5.41) is 3.27. The standard InChI is InChI=1S/C15H19FN2O2.ClH/c16-12-4-1-3-11(9-12)13-10-17-6-7-18(13)15(19)14-5-2-8-20-14;/h1,3-4,9,13-14,17H,2,5-8,10H2;1H. The monoisotopic (exact) mass is 314 g/mol. The van der Waals surface area contributed by atoms with E-state index in [0.717, 1.165) is 24.9 Å². The van der Waals surface area contributed by atoms with E-state index in [9.17, 15) is 9.18 Å². The number of hydrogen-bond donors (Lipinski definition) is 1. The minimum Gasteiger partial charge on any atom is -0.368 e. The summed E-state index contributed by atoms with van der Waals surface area (Å²) in [6.45, 7) is 2.72. The van der Waals surface area contributed by atoms with Crippen molar-refractivity contribution in [2.24, 2.45) is 0 Å². The van der Waals surface area contributed by atoms with Crippen molar-refractivity contribution in [3.8, 4) is 0 Å². The molecule has 0 spiro atoms. The van der Waals surface area contributed by atoms with E-state index < -0.39 is 0 Å². The van der Waals surface area contributed by atoms with Gasteiger partial charge in [0.15, 0.2) is 0 Å². The number of halogens is 2. The summed E-state index contributed by atoms with van der Waals surface area (Å²) in [4.78, 5) is 14.4. The van der Waals surface area contributed by atoms with Crippen molar-refractivity contribution in [1.29, 1.82) is 0 Å². The van der Waals surface area contributed by atoms with Gasteiger partial charge in [-0.25, -0.2) is 4.39 Å². The SMILES string of the molecule is Cl.O=C(C1CCCO1)N1CCNCC1c1cccc(F)c1. The van der Waals surface area contributed by atoms with Crippen molar-refractivity contribution in [3.05, 3.63) is 35.6 Å². The molecule has 0 radical (unpaired) electrons. The molecule has 2 saturated heterocycles. The Morgan fingerprint density at radius 3 is 3.00 bits per heavy atom. The lowest BCUT2D eigenvalue weighted by Crippen LogP contribution is -2.51. The predicted molar refractivity (Wildman–Crippen MR) is 79.9 cm³/mol. The molecule has 0 aromatic heterocycles. The van der Waals surface area contributed by atoms with Gasteiger partial charge in [0.25, 0.3) is 5.91 Å². The number of benzene rings is 1. The van der Waals surface area contributed by atoms with Crippen LogP contribution < -0.4 is 5.32 Å². The Morgan fingerprint density at radius 1 is 1.43 bits per heavy atom.